The maximum absolute atomic E-state index is 14.7. The molecule has 1 atom stereocenters. The molecule has 1 N–H and O–H groups in total. The molecule has 1 aromatic carbocycles. The van der Waals surface area contributed by atoms with Gasteiger partial charge in [-0.25, -0.2) is 31.9 Å². The Kier molecular flexibility index (Phi) is 5.49. The van der Waals surface area contributed by atoms with E-state index in [4.69, 9.17) is 0 Å². The predicted molar refractivity (Wildman–Crippen MR) is 118 cm³/mol. The molecule has 34 heavy (non-hydrogen) atoms. The van der Waals surface area contributed by atoms with Crippen LogP contribution in [-0.4, -0.2) is 38.4 Å². The van der Waals surface area contributed by atoms with Gasteiger partial charge < -0.3 is 10.2 Å². The van der Waals surface area contributed by atoms with Crippen LogP contribution in [-0.2, 0) is 0 Å². The smallest absolute Gasteiger partial charge is 0.266 e. The van der Waals surface area contributed by atoms with Gasteiger partial charge in [0.05, 0.1) is 23.3 Å². The van der Waals surface area contributed by atoms with Gasteiger partial charge >= 0.3 is 0 Å². The lowest BCUT2D eigenvalue weighted by atomic mass is 10.0. The number of hydrogen-bond donors (Lipinski definition) is 1. The number of piperidine rings is 1. The first-order valence-corrected chi connectivity index (χ1v) is 10.8. The topological polar surface area (TPSA) is 58.4 Å². The maximum Gasteiger partial charge on any atom is 0.266 e. The second-order valence-corrected chi connectivity index (χ2v) is 8.38. The summed E-state index contributed by atoms with van der Waals surface area (Å²) in [5, 5.41) is 3.73. The van der Waals surface area contributed by atoms with Gasteiger partial charge in [-0.1, -0.05) is 18.2 Å². The highest BCUT2D eigenvalue weighted by molar-refractivity contribution is 5.92. The van der Waals surface area contributed by atoms with Gasteiger partial charge in [-0.15, -0.1) is 0 Å². The maximum atomic E-state index is 14.7. The van der Waals surface area contributed by atoms with Crippen molar-refractivity contribution in [3.05, 3.63) is 59.8 Å². The molecule has 0 spiro atoms. The first kappa shape index (κ1) is 22.3. The third-order valence-electron chi connectivity index (χ3n) is 6.15. The van der Waals surface area contributed by atoms with Gasteiger partial charge in [-0.2, -0.15) is 4.98 Å². The van der Waals surface area contributed by atoms with Crippen molar-refractivity contribution in [1.29, 1.82) is 0 Å². The summed E-state index contributed by atoms with van der Waals surface area (Å²) < 4.78 is 70.0. The average Bonchev–Trinajstić information content (AvgIpc) is 3.27. The number of rotatable bonds is 5. The molecule has 11 heteroatoms. The van der Waals surface area contributed by atoms with Crippen molar-refractivity contribution in [2.45, 2.75) is 38.2 Å². The molecule has 0 radical (unpaired) electrons. The van der Waals surface area contributed by atoms with E-state index >= 15 is 0 Å². The number of benzene rings is 1. The summed E-state index contributed by atoms with van der Waals surface area (Å²) >= 11 is 0. The molecule has 0 amide bonds. The minimum Gasteiger partial charge on any atom is -0.363 e. The number of halogens is 5. The largest absolute Gasteiger partial charge is 0.363 e. The summed E-state index contributed by atoms with van der Waals surface area (Å²) in [6.07, 6.45) is 1.45. The number of fused-ring (bicyclic) bond motifs is 3. The minimum atomic E-state index is -2.93. The van der Waals surface area contributed by atoms with Crippen molar-refractivity contribution < 1.29 is 22.0 Å². The van der Waals surface area contributed by atoms with Crippen LogP contribution < -0.4 is 10.2 Å². The highest BCUT2D eigenvalue weighted by atomic mass is 19.3. The lowest BCUT2D eigenvalue weighted by Crippen LogP contribution is -2.39. The first-order valence-electron chi connectivity index (χ1n) is 10.8. The van der Waals surface area contributed by atoms with Gasteiger partial charge in [0.2, 0.25) is 5.78 Å². The predicted octanol–water partition coefficient (Wildman–Crippen LogP) is 5.76. The quantitative estimate of drug-likeness (QED) is 0.371. The minimum absolute atomic E-state index is 0.0727. The van der Waals surface area contributed by atoms with Crippen molar-refractivity contribution in [3.63, 3.8) is 0 Å². The van der Waals surface area contributed by atoms with Crippen LogP contribution >= 0.6 is 0 Å². The Morgan fingerprint density at radius 2 is 1.82 bits per heavy atom. The Bertz CT molecular complexity index is 1340. The van der Waals surface area contributed by atoms with Gasteiger partial charge in [-0.3, -0.25) is 4.40 Å². The summed E-state index contributed by atoms with van der Waals surface area (Å²) in [7, 11) is 0. The molecular weight excluding hydrogens is 455 g/mol. The van der Waals surface area contributed by atoms with E-state index in [1.165, 1.54) is 12.1 Å². The number of alkyl halides is 4. The molecule has 178 valence electrons. The first-order chi connectivity index (χ1) is 16.2. The van der Waals surface area contributed by atoms with Crippen LogP contribution in [0.5, 0.6) is 0 Å². The molecule has 1 aliphatic heterocycles. The van der Waals surface area contributed by atoms with Crippen molar-refractivity contribution in [2.24, 2.45) is 0 Å². The zero-order chi connectivity index (χ0) is 24.0. The summed E-state index contributed by atoms with van der Waals surface area (Å²) in [5.41, 5.74) is 0.0645. The third-order valence-corrected chi connectivity index (χ3v) is 6.15. The van der Waals surface area contributed by atoms with Crippen LogP contribution in [0.15, 0.2) is 42.9 Å². The number of nitrogens with zero attached hydrogens (tertiary/aromatic N) is 5. The lowest BCUT2D eigenvalue weighted by molar-refractivity contribution is -0.0221. The van der Waals surface area contributed by atoms with Gasteiger partial charge in [0.25, 0.3) is 12.3 Å². The number of anilines is 2. The fourth-order valence-corrected chi connectivity index (χ4v) is 4.25. The molecule has 4 heterocycles. The number of aromatic nitrogens is 4. The molecule has 1 unspecified atom stereocenters. The molecule has 0 bridgehead atoms. The van der Waals surface area contributed by atoms with Gasteiger partial charge in [0.1, 0.15) is 17.5 Å². The van der Waals surface area contributed by atoms with Crippen LogP contribution in [0.25, 0.3) is 16.7 Å². The zero-order valence-electron chi connectivity index (χ0n) is 18.2. The lowest BCUT2D eigenvalue weighted by Gasteiger charge is -2.32. The van der Waals surface area contributed by atoms with Crippen LogP contribution in [0, 0.1) is 5.82 Å². The monoisotopic (exact) mass is 476 g/mol. The Hall–Kier alpha value is -3.50. The van der Waals surface area contributed by atoms with E-state index in [1.807, 2.05) is 0 Å². The fraction of sp³-hybridized carbons (Fsp3) is 0.348. The van der Waals surface area contributed by atoms with Gasteiger partial charge in [0.15, 0.2) is 0 Å². The molecule has 6 nitrogen and oxygen atoms in total. The molecule has 1 aliphatic rings. The Balaban J connectivity index is 1.55. The normalized spacial score (nSPS) is 17.0. The molecule has 3 aromatic heterocycles. The molecular formula is C23H21F5N6. The third kappa shape index (κ3) is 3.99. The highest BCUT2D eigenvalue weighted by Gasteiger charge is 2.34. The molecule has 1 saturated heterocycles. The highest BCUT2D eigenvalue weighted by Crippen LogP contribution is 2.34. The van der Waals surface area contributed by atoms with Crippen molar-refractivity contribution >= 4 is 28.3 Å². The van der Waals surface area contributed by atoms with E-state index in [2.05, 4.69) is 20.3 Å². The van der Waals surface area contributed by atoms with Crippen molar-refractivity contribution in [1.82, 2.24) is 19.4 Å². The van der Waals surface area contributed by atoms with Crippen LogP contribution in [0.3, 0.4) is 0 Å². The van der Waals surface area contributed by atoms with Crippen LogP contribution in [0.4, 0.5) is 33.6 Å². The SMILES string of the molecule is CC(Nc1nc2nccn2c2cnc(N3CCC(F)(F)CC3)cc12)c1cccc(C(F)F)c1F. The number of pyridine rings is 1. The molecule has 1 fully saturated rings. The van der Waals surface area contributed by atoms with Crippen LogP contribution in [0.1, 0.15) is 43.4 Å². The number of hydrogen-bond acceptors (Lipinski definition) is 5. The van der Waals surface area contributed by atoms with Crippen LogP contribution in [0.2, 0.25) is 0 Å². The Labute approximate surface area is 191 Å². The fourth-order valence-electron chi connectivity index (χ4n) is 4.25. The molecule has 4 aromatic rings. The van der Waals surface area contributed by atoms with E-state index < -0.39 is 29.8 Å². The molecule has 5 rings (SSSR count). The number of nitrogens with one attached hydrogen (secondary N) is 1. The average molecular weight is 476 g/mol. The Morgan fingerprint density at radius 1 is 1.09 bits per heavy atom. The van der Waals surface area contributed by atoms with Gasteiger partial charge in [-0.05, 0) is 13.0 Å². The van der Waals surface area contributed by atoms with E-state index in [9.17, 15) is 22.0 Å². The van der Waals surface area contributed by atoms with E-state index in [1.54, 1.807) is 40.9 Å². The van der Waals surface area contributed by atoms with Crippen molar-refractivity contribution in [2.75, 3.05) is 23.3 Å². The summed E-state index contributed by atoms with van der Waals surface area (Å²) in [6.45, 7) is 1.97. The Morgan fingerprint density at radius 3 is 2.56 bits per heavy atom. The summed E-state index contributed by atoms with van der Waals surface area (Å²) in [4.78, 5) is 15.0. The molecule has 0 saturated carbocycles. The van der Waals surface area contributed by atoms with Crippen molar-refractivity contribution in [3.8, 4) is 0 Å². The van der Waals surface area contributed by atoms with E-state index in [-0.39, 0.29) is 31.5 Å². The second kappa shape index (κ2) is 8.37. The summed E-state index contributed by atoms with van der Waals surface area (Å²) in [5.74, 6) is -2.41. The standard InChI is InChI=1S/C23H21F5N6/c1-13(14-3-2-4-15(19(14)24)20(25)26)31-21-16-11-18(33-8-5-23(27,28)6-9-33)30-12-17(16)34-10-7-29-22(34)32-21/h2-4,7,10-13,20H,5-6,8-9H2,1H3,(H,29,31,32). The second-order valence-electron chi connectivity index (χ2n) is 8.38. The van der Waals surface area contributed by atoms with E-state index in [0.29, 0.717) is 28.3 Å². The molecule has 0 aliphatic carbocycles. The van der Waals surface area contributed by atoms with Gasteiger partial charge in [0, 0.05) is 49.3 Å². The van der Waals surface area contributed by atoms with E-state index in [0.717, 1.165) is 6.07 Å². The summed E-state index contributed by atoms with van der Waals surface area (Å²) in [6, 6.07) is 4.93. The zero-order valence-corrected chi connectivity index (χ0v) is 18.2. The number of imidazole rings is 1.